The molecule has 0 saturated heterocycles. The third kappa shape index (κ3) is 32.9. The van der Waals surface area contributed by atoms with Crippen LogP contribution in [0.15, 0.2) is 85.1 Å². The van der Waals surface area contributed by atoms with Crippen molar-refractivity contribution in [2.24, 2.45) is 0 Å². The molecule has 0 amide bonds. The molecule has 17 nitrogen and oxygen atoms in total. The molecule has 1 aliphatic carbocycles. The largest absolute Gasteiger partial charge is 0.472 e. The molecule has 68 heavy (non-hydrogen) atoms. The molecular weight excluding hydrogens is 922 g/mol. The van der Waals surface area contributed by atoms with E-state index in [1.165, 1.54) is 19.3 Å². The van der Waals surface area contributed by atoms with Gasteiger partial charge in [0.2, 0.25) is 0 Å². The smallest absolute Gasteiger partial charge is 0.462 e. The lowest BCUT2D eigenvalue weighted by molar-refractivity contribution is -0.216. The highest BCUT2D eigenvalue weighted by molar-refractivity contribution is 7.47. The molecule has 9 atom stereocenters. The van der Waals surface area contributed by atoms with E-state index in [4.69, 9.17) is 18.5 Å². The monoisotopic (exact) mass is 1000 g/mol. The van der Waals surface area contributed by atoms with Crippen LogP contribution in [-0.2, 0) is 41.8 Å². The Hall–Kier alpha value is -2.86. The maximum absolute atomic E-state index is 13.0. The second-order valence-electron chi connectivity index (χ2n) is 16.6. The van der Waals surface area contributed by atoms with Crippen LogP contribution in [0.2, 0.25) is 0 Å². The third-order valence-corrected chi connectivity index (χ3v) is 12.0. The van der Waals surface area contributed by atoms with E-state index in [0.717, 1.165) is 77.0 Å². The predicted molar refractivity (Wildman–Crippen MR) is 261 cm³/mol. The molecular formula is C49H82O17P2. The van der Waals surface area contributed by atoms with E-state index in [-0.39, 0.29) is 18.9 Å². The van der Waals surface area contributed by atoms with E-state index in [2.05, 4.69) is 66.1 Å². The number of phosphoric acid groups is 2. The number of hydrogen-bond donors (Lipinski definition) is 8. The Morgan fingerprint density at radius 2 is 1.00 bits per heavy atom. The molecule has 19 heteroatoms. The summed E-state index contributed by atoms with van der Waals surface area (Å²) >= 11 is 0. The number of rotatable bonds is 39. The minimum Gasteiger partial charge on any atom is -0.462 e. The predicted octanol–water partition coefficient (Wildman–Crippen LogP) is 8.36. The normalized spacial score (nSPS) is 22.4. The first kappa shape index (κ1) is 63.2. The van der Waals surface area contributed by atoms with Gasteiger partial charge in [-0.1, -0.05) is 131 Å². The van der Waals surface area contributed by atoms with E-state index in [0.29, 0.717) is 25.7 Å². The number of allylic oxidation sites excluding steroid dienone is 13. The number of ether oxygens (including phenoxy) is 2. The number of aliphatic hydroxyl groups excluding tert-OH is 5. The molecule has 0 radical (unpaired) electrons. The molecule has 0 aromatic carbocycles. The number of hydrogen-bond acceptors (Lipinski definition) is 14. The van der Waals surface area contributed by atoms with Gasteiger partial charge in [0.25, 0.3) is 0 Å². The second kappa shape index (κ2) is 38.8. The number of carbonyl (C=O) groups excluding carboxylic acids is 2. The topological polar surface area (TPSA) is 276 Å². The molecule has 8 N–H and O–H groups in total. The lowest BCUT2D eigenvalue weighted by atomic mass is 9.85. The highest BCUT2D eigenvalue weighted by atomic mass is 31.2. The summed E-state index contributed by atoms with van der Waals surface area (Å²) in [6.45, 7) is 2.81. The van der Waals surface area contributed by atoms with Crippen LogP contribution >= 0.6 is 15.6 Å². The van der Waals surface area contributed by atoms with Crippen LogP contribution in [-0.4, -0.2) is 114 Å². The zero-order chi connectivity index (χ0) is 50.5. The summed E-state index contributed by atoms with van der Waals surface area (Å²) < 4.78 is 49.3. The molecule has 0 aliphatic heterocycles. The van der Waals surface area contributed by atoms with Crippen molar-refractivity contribution in [1.29, 1.82) is 0 Å². The van der Waals surface area contributed by atoms with Gasteiger partial charge in [0.05, 0.1) is 12.7 Å². The summed E-state index contributed by atoms with van der Waals surface area (Å²) in [7, 11) is -10.7. The summed E-state index contributed by atoms with van der Waals surface area (Å²) in [5, 5.41) is 51.0. The first-order valence-corrected chi connectivity index (χ1v) is 27.2. The highest BCUT2D eigenvalue weighted by Crippen LogP contribution is 2.49. The molecule has 1 aliphatic rings. The fourth-order valence-corrected chi connectivity index (χ4v) is 8.28. The van der Waals surface area contributed by atoms with E-state index >= 15 is 0 Å². The maximum atomic E-state index is 13.0. The Kier molecular flexibility index (Phi) is 36.1. The summed E-state index contributed by atoms with van der Waals surface area (Å²) in [5.74, 6) is -1.32. The van der Waals surface area contributed by atoms with E-state index in [9.17, 15) is 58.9 Å². The summed E-state index contributed by atoms with van der Waals surface area (Å²) in [6, 6.07) is 0. The molecule has 0 aromatic heterocycles. The second-order valence-corrected chi connectivity index (χ2v) is 19.2. The number of esters is 2. The van der Waals surface area contributed by atoms with Gasteiger partial charge in [0.1, 0.15) is 43.2 Å². The first-order valence-electron chi connectivity index (χ1n) is 24.2. The zero-order valence-electron chi connectivity index (χ0n) is 40.1. The van der Waals surface area contributed by atoms with Gasteiger partial charge in [-0.3, -0.25) is 23.2 Å². The molecule has 0 bridgehead atoms. The van der Waals surface area contributed by atoms with Gasteiger partial charge in [-0.2, -0.15) is 0 Å². The van der Waals surface area contributed by atoms with Gasteiger partial charge < -0.3 is 49.7 Å². The van der Waals surface area contributed by atoms with Crippen LogP contribution in [0.25, 0.3) is 0 Å². The van der Waals surface area contributed by atoms with Crippen molar-refractivity contribution in [3.05, 3.63) is 85.1 Å². The molecule has 0 aromatic rings. The molecule has 1 saturated carbocycles. The van der Waals surface area contributed by atoms with Crippen molar-refractivity contribution in [2.75, 3.05) is 13.2 Å². The summed E-state index contributed by atoms with van der Waals surface area (Å²) in [4.78, 5) is 54.3. The van der Waals surface area contributed by atoms with E-state index < -0.39 is 83.5 Å². The quantitative estimate of drug-likeness (QED) is 0.0124. The average Bonchev–Trinajstić information content (AvgIpc) is 3.29. The molecule has 0 spiro atoms. The molecule has 1 fully saturated rings. The standard InChI is InChI=1S/C49H82O17P2/c1-3-5-6-7-8-9-10-11-12-13-14-17-21-24-27-30-33-37-43(52)64-41(39-63-68(60,61)66-49-46(55)44(53)45(54)48(47(49)56)65-67(57,58)59)38-62-42(51)36-32-29-26-23-20-18-15-16-19-22-25-28-31-35-40(50)34-4-2/h8-9,11-12,14-15,17-19,22-23,26,28,31,40-41,44-50,53-56H,3-7,10,13,16,20-21,24-25,27,29-30,32-39H2,1-2H3,(H,60,61)(H2,57,58,59)/b9-8-,12-11-,17-14-,18-15-,22-19-,26-23-,31-28-/t40?,41-,44?,45?,46?,47?,48-,49+/m1/s1. The van der Waals surface area contributed by atoms with Gasteiger partial charge in [-0.05, 0) is 89.9 Å². The molecule has 6 unspecified atom stereocenters. The zero-order valence-corrected chi connectivity index (χ0v) is 41.9. The van der Waals surface area contributed by atoms with Crippen molar-refractivity contribution in [1.82, 2.24) is 0 Å². The Morgan fingerprint density at radius 1 is 0.529 bits per heavy atom. The number of phosphoric ester groups is 2. The minimum atomic E-state index is -5.38. The Labute approximate surface area is 404 Å². The van der Waals surface area contributed by atoms with E-state index in [1.807, 2.05) is 37.3 Å². The Bertz CT molecular complexity index is 1650. The van der Waals surface area contributed by atoms with Crippen LogP contribution < -0.4 is 0 Å². The van der Waals surface area contributed by atoms with E-state index in [1.54, 1.807) is 0 Å². The lowest BCUT2D eigenvalue weighted by Crippen LogP contribution is -2.64. The maximum Gasteiger partial charge on any atom is 0.472 e. The first-order chi connectivity index (χ1) is 32.5. The van der Waals surface area contributed by atoms with Crippen molar-refractivity contribution >= 4 is 27.6 Å². The van der Waals surface area contributed by atoms with Crippen molar-refractivity contribution in [2.45, 2.75) is 198 Å². The van der Waals surface area contributed by atoms with Crippen molar-refractivity contribution in [3.63, 3.8) is 0 Å². The number of unbranched alkanes of at least 4 members (excludes halogenated alkanes) is 8. The van der Waals surface area contributed by atoms with Crippen molar-refractivity contribution in [3.8, 4) is 0 Å². The fourth-order valence-electron chi connectivity index (χ4n) is 6.74. The third-order valence-electron chi connectivity index (χ3n) is 10.5. The molecule has 1 rings (SSSR count). The Morgan fingerprint density at radius 3 is 1.53 bits per heavy atom. The fraction of sp³-hybridized carbons (Fsp3) is 0.673. The average molecular weight is 1010 g/mol. The van der Waals surface area contributed by atoms with Crippen LogP contribution in [0.3, 0.4) is 0 Å². The minimum absolute atomic E-state index is 0.00539. The summed E-state index contributed by atoms with van der Waals surface area (Å²) in [6.07, 6.45) is 30.3. The van der Waals surface area contributed by atoms with Crippen LogP contribution in [0.1, 0.15) is 149 Å². The number of carbonyl (C=O) groups is 2. The van der Waals surface area contributed by atoms with Crippen LogP contribution in [0, 0.1) is 0 Å². The van der Waals surface area contributed by atoms with Crippen LogP contribution in [0.5, 0.6) is 0 Å². The van der Waals surface area contributed by atoms with Gasteiger partial charge in [0.15, 0.2) is 6.10 Å². The lowest BCUT2D eigenvalue weighted by Gasteiger charge is -2.43. The summed E-state index contributed by atoms with van der Waals surface area (Å²) in [5.41, 5.74) is 0. The van der Waals surface area contributed by atoms with Gasteiger partial charge in [0, 0.05) is 12.8 Å². The van der Waals surface area contributed by atoms with Gasteiger partial charge in [-0.15, -0.1) is 0 Å². The van der Waals surface area contributed by atoms with Gasteiger partial charge in [-0.25, -0.2) is 9.13 Å². The SMILES string of the molecule is CCCCC/C=C\C/C=C\C/C=C\CCCCCCC(=O)O[C@H](COC(=O)CCC/C=C\C/C=C\C/C=C\C/C=C\CC(O)CCC)COP(=O)(O)O[C@H]1C(O)C(O)C(O)[C@@H](OP(=O)(O)O)C1O. The van der Waals surface area contributed by atoms with Crippen LogP contribution in [0.4, 0.5) is 0 Å². The van der Waals surface area contributed by atoms with Crippen molar-refractivity contribution < 1.29 is 82.0 Å². The Balaban J connectivity index is 2.65. The van der Waals surface area contributed by atoms with Gasteiger partial charge >= 0.3 is 27.6 Å². The molecule has 390 valence electrons. The highest BCUT2D eigenvalue weighted by Gasteiger charge is 2.54. The number of aliphatic hydroxyl groups is 5. The molecule has 0 heterocycles.